The number of anilines is 1. The van der Waals surface area contributed by atoms with Gasteiger partial charge in [0.05, 0.1) is 0 Å². The highest BCUT2D eigenvalue weighted by Crippen LogP contribution is 2.27. The van der Waals surface area contributed by atoms with Gasteiger partial charge in [0.25, 0.3) is 0 Å². The van der Waals surface area contributed by atoms with Gasteiger partial charge in [-0.15, -0.1) is 0 Å². The fraction of sp³-hybridized carbons (Fsp3) is 0.462. The quantitative estimate of drug-likeness (QED) is 0.834. The lowest BCUT2D eigenvalue weighted by atomic mass is 10.1. The van der Waals surface area contributed by atoms with E-state index in [0.29, 0.717) is 4.99 Å². The standard InChI is InChI=1S/C13H17ClN2S/c14-10-5-6-11(13(15)17)12(9-10)16-7-3-1-2-4-8-16/h5-6,9H,1-4,7-8H2,(H2,15,17). The number of thiocarbonyl (C=S) groups is 1. The van der Waals surface area contributed by atoms with Gasteiger partial charge < -0.3 is 10.6 Å². The van der Waals surface area contributed by atoms with E-state index in [9.17, 15) is 0 Å². The molecule has 4 heteroatoms. The average molecular weight is 269 g/mol. The molecule has 17 heavy (non-hydrogen) atoms. The van der Waals surface area contributed by atoms with Gasteiger partial charge in [0.1, 0.15) is 4.99 Å². The van der Waals surface area contributed by atoms with Crippen molar-refractivity contribution in [3.63, 3.8) is 0 Å². The highest BCUT2D eigenvalue weighted by Gasteiger charge is 2.15. The Morgan fingerprint density at radius 2 is 1.82 bits per heavy atom. The van der Waals surface area contributed by atoms with E-state index in [4.69, 9.17) is 29.6 Å². The molecule has 1 aliphatic heterocycles. The monoisotopic (exact) mass is 268 g/mol. The molecule has 0 amide bonds. The van der Waals surface area contributed by atoms with Crippen molar-refractivity contribution in [3.8, 4) is 0 Å². The maximum atomic E-state index is 6.07. The second-order valence-electron chi connectivity index (χ2n) is 4.43. The van der Waals surface area contributed by atoms with E-state index in [1.165, 1.54) is 25.7 Å². The van der Waals surface area contributed by atoms with Crippen molar-refractivity contribution in [2.24, 2.45) is 5.73 Å². The van der Waals surface area contributed by atoms with E-state index in [1.807, 2.05) is 18.2 Å². The molecule has 1 aromatic carbocycles. The van der Waals surface area contributed by atoms with Crippen LogP contribution < -0.4 is 10.6 Å². The number of benzene rings is 1. The smallest absolute Gasteiger partial charge is 0.106 e. The van der Waals surface area contributed by atoms with E-state index in [2.05, 4.69) is 4.90 Å². The van der Waals surface area contributed by atoms with E-state index < -0.39 is 0 Å². The number of rotatable bonds is 2. The number of nitrogens with two attached hydrogens (primary N) is 1. The van der Waals surface area contributed by atoms with Crippen molar-refractivity contribution in [1.29, 1.82) is 0 Å². The molecular formula is C13H17ClN2S. The summed E-state index contributed by atoms with van der Waals surface area (Å²) in [5.74, 6) is 0. The first-order valence-electron chi connectivity index (χ1n) is 6.03. The van der Waals surface area contributed by atoms with Gasteiger partial charge in [-0.2, -0.15) is 0 Å². The number of hydrogen-bond acceptors (Lipinski definition) is 2. The summed E-state index contributed by atoms with van der Waals surface area (Å²) in [4.78, 5) is 2.80. The summed E-state index contributed by atoms with van der Waals surface area (Å²) in [7, 11) is 0. The molecule has 92 valence electrons. The molecule has 1 heterocycles. The van der Waals surface area contributed by atoms with Crippen LogP contribution in [0.2, 0.25) is 5.02 Å². The molecule has 0 saturated carbocycles. The molecule has 0 bridgehead atoms. The van der Waals surface area contributed by atoms with Gasteiger partial charge in [-0.05, 0) is 31.0 Å². The number of halogens is 1. The van der Waals surface area contributed by atoms with Gasteiger partial charge in [-0.25, -0.2) is 0 Å². The summed E-state index contributed by atoms with van der Waals surface area (Å²) in [5.41, 5.74) is 7.80. The topological polar surface area (TPSA) is 29.3 Å². The molecule has 2 nitrogen and oxygen atoms in total. The summed E-state index contributed by atoms with van der Waals surface area (Å²) in [6, 6.07) is 5.74. The van der Waals surface area contributed by atoms with E-state index in [0.717, 1.165) is 29.4 Å². The third-order valence-electron chi connectivity index (χ3n) is 3.17. The van der Waals surface area contributed by atoms with Crippen LogP contribution in [0.1, 0.15) is 31.2 Å². The van der Waals surface area contributed by atoms with Crippen LogP contribution in [0.15, 0.2) is 18.2 Å². The lowest BCUT2D eigenvalue weighted by Gasteiger charge is -2.25. The maximum Gasteiger partial charge on any atom is 0.106 e. The second-order valence-corrected chi connectivity index (χ2v) is 5.30. The molecule has 2 rings (SSSR count). The second kappa shape index (κ2) is 5.69. The Kier molecular flexibility index (Phi) is 4.24. The SMILES string of the molecule is NC(=S)c1ccc(Cl)cc1N1CCCCCC1. The molecule has 0 unspecified atom stereocenters. The van der Waals surface area contributed by atoms with Gasteiger partial charge in [0.15, 0.2) is 0 Å². The molecule has 1 aromatic rings. The Morgan fingerprint density at radius 3 is 2.41 bits per heavy atom. The third-order valence-corrected chi connectivity index (χ3v) is 3.63. The van der Waals surface area contributed by atoms with Crippen LogP contribution in [0.3, 0.4) is 0 Å². The van der Waals surface area contributed by atoms with E-state index in [-0.39, 0.29) is 0 Å². The van der Waals surface area contributed by atoms with Crippen molar-refractivity contribution in [2.75, 3.05) is 18.0 Å². The van der Waals surface area contributed by atoms with Crippen LogP contribution in [-0.4, -0.2) is 18.1 Å². The first kappa shape index (κ1) is 12.7. The van der Waals surface area contributed by atoms with Crippen molar-refractivity contribution in [2.45, 2.75) is 25.7 Å². The summed E-state index contributed by atoms with van der Waals surface area (Å²) >= 11 is 11.2. The Labute approximate surface area is 113 Å². The predicted octanol–water partition coefficient (Wildman–Crippen LogP) is 3.35. The zero-order valence-electron chi connectivity index (χ0n) is 9.79. The first-order chi connectivity index (χ1) is 8.18. The first-order valence-corrected chi connectivity index (χ1v) is 6.81. The third kappa shape index (κ3) is 3.11. The molecule has 2 N–H and O–H groups in total. The maximum absolute atomic E-state index is 6.07. The zero-order chi connectivity index (χ0) is 12.3. The number of hydrogen-bond donors (Lipinski definition) is 1. The van der Waals surface area contributed by atoms with Crippen LogP contribution in [0.4, 0.5) is 5.69 Å². The minimum Gasteiger partial charge on any atom is -0.389 e. The van der Waals surface area contributed by atoms with Crippen molar-refractivity contribution >= 4 is 34.5 Å². The minimum absolute atomic E-state index is 0.445. The summed E-state index contributed by atoms with van der Waals surface area (Å²) in [6.45, 7) is 2.13. The number of nitrogens with zero attached hydrogens (tertiary/aromatic N) is 1. The zero-order valence-corrected chi connectivity index (χ0v) is 11.4. The van der Waals surface area contributed by atoms with E-state index in [1.54, 1.807) is 0 Å². The molecule has 0 spiro atoms. The van der Waals surface area contributed by atoms with Crippen molar-refractivity contribution in [1.82, 2.24) is 0 Å². The Morgan fingerprint density at radius 1 is 1.18 bits per heavy atom. The lowest BCUT2D eigenvalue weighted by Crippen LogP contribution is -2.27. The van der Waals surface area contributed by atoms with Gasteiger partial charge in [0.2, 0.25) is 0 Å². The summed E-state index contributed by atoms with van der Waals surface area (Å²) in [5, 5.41) is 0.740. The van der Waals surface area contributed by atoms with Crippen molar-refractivity contribution in [3.05, 3.63) is 28.8 Å². The normalized spacial score (nSPS) is 16.6. The molecule has 1 fully saturated rings. The van der Waals surface area contributed by atoms with Crippen LogP contribution in [-0.2, 0) is 0 Å². The molecule has 0 aliphatic carbocycles. The minimum atomic E-state index is 0.445. The van der Waals surface area contributed by atoms with E-state index >= 15 is 0 Å². The fourth-order valence-corrected chi connectivity index (χ4v) is 2.63. The molecule has 0 radical (unpaired) electrons. The lowest BCUT2D eigenvalue weighted by molar-refractivity contribution is 0.726. The summed E-state index contributed by atoms with van der Waals surface area (Å²) in [6.07, 6.45) is 5.06. The largest absolute Gasteiger partial charge is 0.389 e. The van der Waals surface area contributed by atoms with Crippen molar-refractivity contribution < 1.29 is 0 Å². The predicted molar refractivity (Wildman–Crippen MR) is 78.0 cm³/mol. The molecule has 0 atom stereocenters. The average Bonchev–Trinajstić information content (AvgIpc) is 2.56. The highest BCUT2D eigenvalue weighted by molar-refractivity contribution is 7.80. The Bertz CT molecular complexity index is 412. The van der Waals surface area contributed by atoms with Crippen LogP contribution in [0.5, 0.6) is 0 Å². The van der Waals surface area contributed by atoms with Gasteiger partial charge >= 0.3 is 0 Å². The summed E-state index contributed by atoms with van der Waals surface area (Å²) < 4.78 is 0. The highest BCUT2D eigenvalue weighted by atomic mass is 35.5. The van der Waals surface area contributed by atoms with Gasteiger partial charge in [-0.1, -0.05) is 36.7 Å². The molecule has 0 aromatic heterocycles. The van der Waals surface area contributed by atoms with Gasteiger partial charge in [0, 0.05) is 29.4 Å². The van der Waals surface area contributed by atoms with Gasteiger partial charge in [-0.3, -0.25) is 0 Å². The van der Waals surface area contributed by atoms with Crippen LogP contribution in [0, 0.1) is 0 Å². The Balaban J connectivity index is 2.34. The van der Waals surface area contributed by atoms with Crippen LogP contribution in [0.25, 0.3) is 0 Å². The van der Waals surface area contributed by atoms with Crippen LogP contribution >= 0.6 is 23.8 Å². The molecule has 1 saturated heterocycles. The fourth-order valence-electron chi connectivity index (χ4n) is 2.29. The molecular weight excluding hydrogens is 252 g/mol. The Hall–Kier alpha value is -0.800. The molecule has 1 aliphatic rings.